The molecule has 0 aliphatic rings. The van der Waals surface area contributed by atoms with Gasteiger partial charge in [-0.15, -0.1) is 0 Å². The molecular weight excluding hydrogens is 232 g/mol. The fourth-order valence-corrected chi connectivity index (χ4v) is 1.97. The summed E-state index contributed by atoms with van der Waals surface area (Å²) in [7, 11) is 0. The van der Waals surface area contributed by atoms with Crippen molar-refractivity contribution >= 4 is 0 Å². The van der Waals surface area contributed by atoms with E-state index in [1.54, 1.807) is 0 Å². The molecule has 0 saturated heterocycles. The van der Waals surface area contributed by atoms with Gasteiger partial charge in [0.25, 0.3) is 0 Å². The van der Waals surface area contributed by atoms with Crippen molar-refractivity contribution in [2.24, 2.45) is 5.92 Å². The maximum atomic E-state index is 4.51. The zero-order valence-electron chi connectivity index (χ0n) is 13.7. The Balaban J connectivity index is 2.62. The van der Waals surface area contributed by atoms with Crippen LogP contribution < -0.4 is 5.32 Å². The maximum Gasteiger partial charge on any atom is 0.0409 e. The highest BCUT2D eigenvalue weighted by atomic mass is 14.9. The smallest absolute Gasteiger partial charge is 0.0409 e. The number of nitrogens with one attached hydrogen (secondary N) is 1. The van der Waals surface area contributed by atoms with E-state index in [0.717, 1.165) is 13.0 Å². The molecule has 2 nitrogen and oxygen atoms in total. The highest BCUT2D eigenvalue weighted by molar-refractivity contribution is 5.23. The Labute approximate surface area is 119 Å². The van der Waals surface area contributed by atoms with Crippen molar-refractivity contribution < 1.29 is 0 Å². The van der Waals surface area contributed by atoms with Crippen LogP contribution >= 0.6 is 0 Å². The zero-order valence-corrected chi connectivity index (χ0v) is 13.7. The first-order chi connectivity index (χ1) is 8.58. The Morgan fingerprint density at radius 3 is 2.32 bits per heavy atom. The van der Waals surface area contributed by atoms with Crippen LogP contribution in [0.2, 0.25) is 0 Å². The van der Waals surface area contributed by atoms with Crippen molar-refractivity contribution in [2.75, 3.05) is 6.54 Å². The summed E-state index contributed by atoms with van der Waals surface area (Å²) in [5.41, 5.74) is 2.96. The molecule has 0 fully saturated rings. The van der Waals surface area contributed by atoms with Crippen LogP contribution in [0.15, 0.2) is 18.3 Å². The van der Waals surface area contributed by atoms with Crippen LogP contribution in [0.3, 0.4) is 0 Å². The van der Waals surface area contributed by atoms with E-state index in [2.05, 4.69) is 70.9 Å². The third kappa shape index (κ3) is 6.20. The Morgan fingerprint density at radius 2 is 1.79 bits per heavy atom. The van der Waals surface area contributed by atoms with Crippen molar-refractivity contribution in [2.45, 2.75) is 65.8 Å². The minimum absolute atomic E-state index is 0.189. The first-order valence-corrected chi connectivity index (χ1v) is 7.28. The van der Waals surface area contributed by atoms with Gasteiger partial charge >= 0.3 is 0 Å². The normalized spacial score (nSPS) is 14.5. The number of nitrogens with zero attached hydrogens (tertiary/aromatic N) is 1. The fraction of sp³-hybridized carbons (Fsp3) is 0.706. The molecule has 0 amide bonds. The number of aromatic nitrogens is 1. The van der Waals surface area contributed by atoms with Gasteiger partial charge in [-0.05, 0) is 62.8 Å². The molecule has 2 heteroatoms. The molecule has 0 unspecified atom stereocenters. The van der Waals surface area contributed by atoms with E-state index in [0.29, 0.717) is 5.92 Å². The zero-order chi connectivity index (χ0) is 14.7. The Bertz CT molecular complexity index is 396. The van der Waals surface area contributed by atoms with E-state index in [1.165, 1.54) is 11.3 Å². The third-order valence-corrected chi connectivity index (χ3v) is 3.22. The topological polar surface area (TPSA) is 24.9 Å². The molecule has 0 saturated carbocycles. The van der Waals surface area contributed by atoms with Crippen LogP contribution in [0.25, 0.3) is 0 Å². The Kier molecular flexibility index (Phi) is 5.14. The summed E-state index contributed by atoms with van der Waals surface area (Å²) in [6, 6.07) is 4.38. The molecule has 1 rings (SSSR count). The Morgan fingerprint density at radius 1 is 1.16 bits per heavy atom. The van der Waals surface area contributed by atoms with Gasteiger partial charge in [0, 0.05) is 17.4 Å². The summed E-state index contributed by atoms with van der Waals surface area (Å²) in [6.45, 7) is 16.7. The fourth-order valence-electron chi connectivity index (χ4n) is 1.97. The molecule has 0 radical (unpaired) electrons. The first kappa shape index (κ1) is 16.2. The number of pyridine rings is 1. The standard InChI is InChI=1S/C17H30N2/c1-13(12-19-17(5,6)7)10-15-11-14(8-9-18-15)16(2,3)4/h8-9,11,13,19H,10,12H2,1-7H3/t13-/m1/s1. The SMILES string of the molecule is C[C@@H](CNC(C)(C)C)Cc1cc(C(C)(C)C)ccn1. The average molecular weight is 262 g/mol. The molecule has 0 aromatic carbocycles. The monoisotopic (exact) mass is 262 g/mol. The molecule has 1 aromatic rings. The van der Waals surface area contributed by atoms with Crippen LogP contribution in [0, 0.1) is 5.92 Å². The molecule has 108 valence electrons. The quantitative estimate of drug-likeness (QED) is 0.889. The minimum Gasteiger partial charge on any atom is -0.312 e. The molecule has 0 aliphatic heterocycles. The van der Waals surface area contributed by atoms with Gasteiger partial charge in [0.15, 0.2) is 0 Å². The number of hydrogen-bond donors (Lipinski definition) is 1. The highest BCUT2D eigenvalue weighted by Crippen LogP contribution is 2.22. The van der Waals surface area contributed by atoms with Crippen LogP contribution in [-0.4, -0.2) is 17.1 Å². The summed E-state index contributed by atoms with van der Waals surface area (Å²) in [6.07, 6.45) is 2.98. The van der Waals surface area contributed by atoms with Gasteiger partial charge in [0.1, 0.15) is 0 Å². The van der Waals surface area contributed by atoms with Crippen LogP contribution in [0.1, 0.15) is 59.7 Å². The maximum absolute atomic E-state index is 4.51. The van der Waals surface area contributed by atoms with Crippen molar-refractivity contribution in [1.29, 1.82) is 0 Å². The first-order valence-electron chi connectivity index (χ1n) is 7.28. The Hall–Kier alpha value is -0.890. The molecular formula is C17H30N2. The van der Waals surface area contributed by atoms with Gasteiger partial charge in [-0.2, -0.15) is 0 Å². The summed E-state index contributed by atoms with van der Waals surface area (Å²) < 4.78 is 0. The molecule has 0 aliphatic carbocycles. The highest BCUT2D eigenvalue weighted by Gasteiger charge is 2.16. The van der Waals surface area contributed by atoms with Crippen LogP contribution in [0.5, 0.6) is 0 Å². The molecule has 1 aromatic heterocycles. The number of rotatable bonds is 4. The average Bonchev–Trinajstić information content (AvgIpc) is 2.25. The van der Waals surface area contributed by atoms with Gasteiger partial charge in [-0.1, -0.05) is 27.7 Å². The van der Waals surface area contributed by atoms with Crippen molar-refractivity contribution in [3.63, 3.8) is 0 Å². The molecule has 1 heterocycles. The summed E-state index contributed by atoms with van der Waals surface area (Å²) >= 11 is 0. The second kappa shape index (κ2) is 6.04. The van der Waals surface area contributed by atoms with Gasteiger partial charge in [0.2, 0.25) is 0 Å². The van der Waals surface area contributed by atoms with Crippen molar-refractivity contribution in [3.8, 4) is 0 Å². The molecule has 0 spiro atoms. The number of hydrogen-bond acceptors (Lipinski definition) is 2. The van der Waals surface area contributed by atoms with E-state index >= 15 is 0 Å². The van der Waals surface area contributed by atoms with E-state index in [4.69, 9.17) is 0 Å². The van der Waals surface area contributed by atoms with Gasteiger partial charge in [-0.25, -0.2) is 0 Å². The lowest BCUT2D eigenvalue weighted by Gasteiger charge is -2.24. The predicted molar refractivity (Wildman–Crippen MR) is 83.6 cm³/mol. The van der Waals surface area contributed by atoms with E-state index < -0.39 is 0 Å². The van der Waals surface area contributed by atoms with Crippen LogP contribution in [-0.2, 0) is 11.8 Å². The van der Waals surface area contributed by atoms with E-state index in [1.807, 2.05) is 6.20 Å². The van der Waals surface area contributed by atoms with Gasteiger partial charge in [0.05, 0.1) is 0 Å². The van der Waals surface area contributed by atoms with Crippen LogP contribution in [0.4, 0.5) is 0 Å². The summed E-state index contributed by atoms with van der Waals surface area (Å²) in [5, 5.41) is 3.56. The predicted octanol–water partition coefficient (Wildman–Crippen LogP) is 3.95. The minimum atomic E-state index is 0.189. The molecule has 19 heavy (non-hydrogen) atoms. The third-order valence-electron chi connectivity index (χ3n) is 3.22. The molecule has 1 N–H and O–H groups in total. The summed E-state index contributed by atoms with van der Waals surface area (Å²) in [4.78, 5) is 4.51. The van der Waals surface area contributed by atoms with Gasteiger partial charge in [-0.3, -0.25) is 4.98 Å². The lowest BCUT2D eigenvalue weighted by molar-refractivity contribution is 0.380. The second-order valence-electron chi connectivity index (χ2n) is 7.73. The molecule has 0 bridgehead atoms. The largest absolute Gasteiger partial charge is 0.312 e. The van der Waals surface area contributed by atoms with E-state index in [-0.39, 0.29) is 11.0 Å². The van der Waals surface area contributed by atoms with Crippen molar-refractivity contribution in [1.82, 2.24) is 10.3 Å². The lowest BCUT2D eigenvalue weighted by Crippen LogP contribution is -2.39. The lowest BCUT2D eigenvalue weighted by atomic mass is 9.87. The van der Waals surface area contributed by atoms with Crippen molar-refractivity contribution in [3.05, 3.63) is 29.6 Å². The summed E-state index contributed by atoms with van der Waals surface area (Å²) in [5.74, 6) is 0.599. The van der Waals surface area contributed by atoms with E-state index in [9.17, 15) is 0 Å². The second-order valence-corrected chi connectivity index (χ2v) is 7.73. The molecule has 1 atom stereocenters. The van der Waals surface area contributed by atoms with Gasteiger partial charge < -0.3 is 5.32 Å².